The van der Waals surface area contributed by atoms with Gasteiger partial charge in [-0.05, 0) is 30.7 Å². The summed E-state index contributed by atoms with van der Waals surface area (Å²) in [7, 11) is 0. The van der Waals surface area contributed by atoms with Gasteiger partial charge >= 0.3 is 5.97 Å². The van der Waals surface area contributed by atoms with Gasteiger partial charge in [0.25, 0.3) is 0 Å². The molecule has 0 amide bonds. The van der Waals surface area contributed by atoms with Crippen LogP contribution in [0.5, 0.6) is 0 Å². The molecule has 0 radical (unpaired) electrons. The maximum absolute atomic E-state index is 6.08. The van der Waals surface area contributed by atoms with Crippen molar-refractivity contribution in [2.45, 2.75) is 31.8 Å². The lowest BCUT2D eigenvalue weighted by molar-refractivity contribution is -0.479. The topological polar surface area (TPSA) is 27.7 Å². The first-order valence-corrected chi connectivity index (χ1v) is 6.80. The largest absolute Gasteiger partial charge is 0.323 e. The fourth-order valence-electron chi connectivity index (χ4n) is 2.69. The molecule has 3 aliphatic rings. The quantitative estimate of drug-likeness (QED) is 0.780. The van der Waals surface area contributed by atoms with Crippen molar-refractivity contribution < 1.29 is 14.2 Å². The summed E-state index contributed by atoms with van der Waals surface area (Å²) in [5.74, 6) is 1.93. The summed E-state index contributed by atoms with van der Waals surface area (Å²) in [5, 5.41) is 0. The zero-order valence-corrected chi connectivity index (χ0v) is 11.1. The molecule has 19 heavy (non-hydrogen) atoms. The average Bonchev–Trinajstić information content (AvgIpc) is 2.49. The Morgan fingerprint density at radius 1 is 1.26 bits per heavy atom. The number of ether oxygens (including phenoxy) is 3. The van der Waals surface area contributed by atoms with Crippen LogP contribution in [0, 0.1) is 18.3 Å². The molecule has 0 N–H and O–H groups in total. The summed E-state index contributed by atoms with van der Waals surface area (Å²) < 4.78 is 17.7. The average molecular weight is 258 g/mol. The fraction of sp³-hybridized carbons (Fsp3) is 0.500. The monoisotopic (exact) mass is 258 g/mol. The van der Waals surface area contributed by atoms with Gasteiger partial charge in [-0.1, -0.05) is 19.3 Å². The maximum atomic E-state index is 6.08. The van der Waals surface area contributed by atoms with Crippen LogP contribution in [0.1, 0.15) is 30.9 Å². The standard InChI is InChI=1S/C16H18O3/c1-3-5-15-13-10-17-16(19-15,18-11-13)14-8-6-12(4-2)7-9-14/h2,6-9,13,15H,3,5,10-11H2,1H3. The van der Waals surface area contributed by atoms with Gasteiger partial charge in [-0.15, -0.1) is 6.42 Å². The molecule has 0 aromatic heterocycles. The number of hydrogen-bond acceptors (Lipinski definition) is 3. The van der Waals surface area contributed by atoms with Gasteiger partial charge in [0.05, 0.1) is 19.3 Å². The third kappa shape index (κ3) is 2.17. The Morgan fingerprint density at radius 3 is 2.53 bits per heavy atom. The van der Waals surface area contributed by atoms with Gasteiger partial charge in [0, 0.05) is 17.0 Å². The Hall–Kier alpha value is -1.34. The molecule has 0 saturated carbocycles. The first-order valence-electron chi connectivity index (χ1n) is 6.80. The van der Waals surface area contributed by atoms with Crippen molar-refractivity contribution in [3.8, 4) is 12.3 Å². The number of rotatable bonds is 3. The van der Waals surface area contributed by atoms with E-state index in [4.69, 9.17) is 20.6 Å². The van der Waals surface area contributed by atoms with E-state index in [9.17, 15) is 0 Å². The smallest absolute Gasteiger partial charge is 0.312 e. The van der Waals surface area contributed by atoms with E-state index in [0.29, 0.717) is 19.1 Å². The van der Waals surface area contributed by atoms with Crippen LogP contribution in [0.4, 0.5) is 0 Å². The van der Waals surface area contributed by atoms with Crippen LogP contribution in [0.2, 0.25) is 0 Å². The highest BCUT2D eigenvalue weighted by Gasteiger charge is 2.50. The first-order chi connectivity index (χ1) is 9.27. The van der Waals surface area contributed by atoms with E-state index in [0.717, 1.165) is 24.0 Å². The number of terminal acetylenes is 1. The molecule has 3 heterocycles. The van der Waals surface area contributed by atoms with Crippen LogP contribution in [0.25, 0.3) is 0 Å². The lowest BCUT2D eigenvalue weighted by Gasteiger charge is -2.49. The minimum absolute atomic E-state index is 0.222. The van der Waals surface area contributed by atoms with E-state index in [2.05, 4.69) is 12.8 Å². The van der Waals surface area contributed by atoms with Crippen molar-refractivity contribution in [2.75, 3.05) is 13.2 Å². The molecule has 3 heteroatoms. The SMILES string of the molecule is C#Cc1ccc(C23OCC(CO2)C(CCC)O3)cc1. The predicted molar refractivity (Wildman–Crippen MR) is 71.2 cm³/mol. The molecule has 3 nitrogen and oxygen atoms in total. The van der Waals surface area contributed by atoms with Crippen molar-refractivity contribution in [2.24, 2.45) is 5.92 Å². The number of benzene rings is 1. The van der Waals surface area contributed by atoms with E-state index in [1.54, 1.807) is 0 Å². The third-order valence-corrected chi connectivity index (χ3v) is 3.79. The van der Waals surface area contributed by atoms with Crippen LogP contribution in [-0.2, 0) is 20.2 Å². The lowest BCUT2D eigenvalue weighted by atomic mass is 9.96. The highest BCUT2D eigenvalue weighted by molar-refractivity contribution is 5.35. The van der Waals surface area contributed by atoms with Crippen LogP contribution in [-0.4, -0.2) is 19.3 Å². The van der Waals surface area contributed by atoms with Crippen molar-refractivity contribution in [1.82, 2.24) is 0 Å². The van der Waals surface area contributed by atoms with Crippen molar-refractivity contribution >= 4 is 0 Å². The van der Waals surface area contributed by atoms with Crippen molar-refractivity contribution in [1.29, 1.82) is 0 Å². The van der Waals surface area contributed by atoms with Gasteiger partial charge in [0.15, 0.2) is 0 Å². The van der Waals surface area contributed by atoms with E-state index < -0.39 is 5.97 Å². The molecule has 3 saturated heterocycles. The molecular formula is C16H18O3. The second kappa shape index (κ2) is 4.97. The van der Waals surface area contributed by atoms with Crippen LogP contribution in [0.3, 0.4) is 0 Å². The molecule has 1 aromatic rings. The van der Waals surface area contributed by atoms with Gasteiger partial charge in [-0.2, -0.15) is 0 Å². The summed E-state index contributed by atoms with van der Waals surface area (Å²) >= 11 is 0. The molecule has 4 rings (SSSR count). The number of fused-ring (bicyclic) bond motifs is 3. The fourth-order valence-corrected chi connectivity index (χ4v) is 2.69. The second-order valence-corrected chi connectivity index (χ2v) is 5.10. The molecule has 1 aromatic carbocycles. The summed E-state index contributed by atoms with van der Waals surface area (Å²) in [6.07, 6.45) is 7.74. The molecule has 0 spiro atoms. The summed E-state index contributed by atoms with van der Waals surface area (Å²) in [4.78, 5) is 0. The maximum Gasteiger partial charge on any atom is 0.312 e. The lowest BCUT2D eigenvalue weighted by Crippen LogP contribution is -2.56. The van der Waals surface area contributed by atoms with E-state index in [1.165, 1.54) is 0 Å². The Balaban J connectivity index is 1.87. The predicted octanol–water partition coefficient (Wildman–Crippen LogP) is 2.64. The Labute approximate surface area is 113 Å². The minimum Gasteiger partial charge on any atom is -0.323 e. The molecule has 3 fully saturated rings. The van der Waals surface area contributed by atoms with Gasteiger partial charge in [0.1, 0.15) is 0 Å². The minimum atomic E-state index is -1.03. The molecule has 2 bridgehead atoms. The van der Waals surface area contributed by atoms with Gasteiger partial charge in [0.2, 0.25) is 0 Å². The van der Waals surface area contributed by atoms with Gasteiger partial charge in [-0.3, -0.25) is 0 Å². The van der Waals surface area contributed by atoms with E-state index in [1.807, 2.05) is 24.3 Å². The normalized spacial score (nSPS) is 33.1. The summed E-state index contributed by atoms with van der Waals surface area (Å²) in [6.45, 7) is 3.56. The zero-order valence-electron chi connectivity index (χ0n) is 11.1. The summed E-state index contributed by atoms with van der Waals surface area (Å²) in [6, 6.07) is 7.61. The third-order valence-electron chi connectivity index (χ3n) is 3.79. The van der Waals surface area contributed by atoms with Gasteiger partial charge in [-0.25, -0.2) is 0 Å². The molecule has 0 aliphatic carbocycles. The van der Waals surface area contributed by atoms with Crippen molar-refractivity contribution in [3.63, 3.8) is 0 Å². The molecule has 1 atom stereocenters. The highest BCUT2D eigenvalue weighted by atomic mass is 16.9. The van der Waals surface area contributed by atoms with Crippen molar-refractivity contribution in [3.05, 3.63) is 35.4 Å². The first kappa shape index (κ1) is 12.7. The molecular weight excluding hydrogens is 240 g/mol. The van der Waals surface area contributed by atoms with E-state index in [-0.39, 0.29) is 6.10 Å². The molecule has 100 valence electrons. The molecule has 3 aliphatic heterocycles. The summed E-state index contributed by atoms with van der Waals surface area (Å²) in [5.41, 5.74) is 1.72. The van der Waals surface area contributed by atoms with Crippen LogP contribution < -0.4 is 0 Å². The second-order valence-electron chi connectivity index (χ2n) is 5.10. The Bertz CT molecular complexity index is 478. The molecule has 1 unspecified atom stereocenters. The van der Waals surface area contributed by atoms with E-state index >= 15 is 0 Å². The Morgan fingerprint density at radius 2 is 1.95 bits per heavy atom. The highest BCUT2D eigenvalue weighted by Crippen LogP contribution is 2.42. The zero-order chi connectivity index (χ0) is 13.3. The number of hydrogen-bond donors (Lipinski definition) is 0. The van der Waals surface area contributed by atoms with Crippen LogP contribution >= 0.6 is 0 Å². The Kier molecular flexibility index (Phi) is 3.32. The van der Waals surface area contributed by atoms with Gasteiger partial charge < -0.3 is 14.2 Å². The van der Waals surface area contributed by atoms with Crippen LogP contribution in [0.15, 0.2) is 24.3 Å².